The van der Waals surface area contributed by atoms with Crippen molar-refractivity contribution in [2.75, 3.05) is 20.0 Å². The van der Waals surface area contributed by atoms with Crippen LogP contribution in [0.15, 0.2) is 0 Å². The van der Waals surface area contributed by atoms with Gasteiger partial charge in [-0.05, 0) is 6.42 Å². The highest BCUT2D eigenvalue weighted by Gasteiger charge is 2.42. The van der Waals surface area contributed by atoms with Crippen LogP contribution in [0.1, 0.15) is 65.2 Å². The number of unbranched alkanes of at least 4 members (excludes halogenated alkanes) is 6. The zero-order valence-corrected chi connectivity index (χ0v) is 16.4. The van der Waals surface area contributed by atoms with Crippen molar-refractivity contribution in [2.45, 2.75) is 83.5 Å². The lowest BCUT2D eigenvalue weighted by Crippen LogP contribution is -2.51. The van der Waals surface area contributed by atoms with Crippen molar-refractivity contribution in [1.29, 1.82) is 0 Å². The molecule has 0 aromatic heterocycles. The lowest BCUT2D eigenvalue weighted by Gasteiger charge is -2.41. The van der Waals surface area contributed by atoms with E-state index in [2.05, 4.69) is 6.92 Å². The van der Waals surface area contributed by atoms with Gasteiger partial charge in [-0.2, -0.15) is 0 Å². The second-order valence-electron chi connectivity index (χ2n) is 6.85. The van der Waals surface area contributed by atoms with E-state index < -0.39 is 20.0 Å². The lowest BCUT2D eigenvalue weighted by molar-refractivity contribution is -0.164. The Labute approximate surface area is 147 Å². The fourth-order valence-corrected chi connectivity index (χ4v) is 4.00. The van der Waals surface area contributed by atoms with Gasteiger partial charge in [-0.3, -0.25) is 9.09 Å². The summed E-state index contributed by atoms with van der Waals surface area (Å²) in [5, 5.41) is 0. The Balaban J connectivity index is 2.50. The fraction of sp³-hybridized carbons (Fsp3) is 1.00. The predicted molar refractivity (Wildman–Crippen MR) is 96.1 cm³/mol. The minimum Gasteiger partial charge on any atom is -0.378 e. The van der Waals surface area contributed by atoms with Crippen LogP contribution in [0.5, 0.6) is 0 Å². The number of methoxy groups -OCH3 is 1. The third-order valence-corrected chi connectivity index (χ3v) is 5.74. The number of nitrogens with two attached hydrogens (primary N) is 1. The van der Waals surface area contributed by atoms with Gasteiger partial charge >= 0.3 is 7.60 Å². The van der Waals surface area contributed by atoms with E-state index in [4.69, 9.17) is 19.7 Å². The summed E-state index contributed by atoms with van der Waals surface area (Å²) in [6, 6.07) is 0. The molecule has 7 heteroatoms. The molecule has 144 valence electrons. The van der Waals surface area contributed by atoms with E-state index in [0.29, 0.717) is 6.61 Å². The summed E-state index contributed by atoms with van der Waals surface area (Å²) in [4.78, 5) is 9.78. The Morgan fingerprint density at radius 3 is 2.38 bits per heavy atom. The van der Waals surface area contributed by atoms with Crippen molar-refractivity contribution in [3.8, 4) is 0 Å². The third kappa shape index (κ3) is 7.51. The summed E-state index contributed by atoms with van der Waals surface area (Å²) >= 11 is 0. The topological polar surface area (TPSA) is 91.0 Å². The Morgan fingerprint density at radius 2 is 1.79 bits per heavy atom. The summed E-state index contributed by atoms with van der Waals surface area (Å²) < 4.78 is 28.8. The van der Waals surface area contributed by atoms with Crippen molar-refractivity contribution in [2.24, 2.45) is 11.7 Å². The predicted octanol–water partition coefficient (Wildman–Crippen LogP) is 3.66. The SMILES string of the molecule is CCCCCCCCC[C@@H]1OC[C@H](C)[C@H](OC)[C@@H]1OP(=O)(O)CN. The van der Waals surface area contributed by atoms with Crippen LogP contribution in [-0.4, -0.2) is 43.2 Å². The van der Waals surface area contributed by atoms with Gasteiger partial charge in [-0.15, -0.1) is 0 Å². The van der Waals surface area contributed by atoms with E-state index in [9.17, 15) is 9.46 Å². The molecule has 0 aromatic carbocycles. The maximum absolute atomic E-state index is 11.9. The van der Waals surface area contributed by atoms with Gasteiger partial charge in [0.05, 0.1) is 25.1 Å². The Bertz CT molecular complexity index is 382. The molecule has 1 saturated heterocycles. The Hall–Kier alpha value is 0.0300. The van der Waals surface area contributed by atoms with Gasteiger partial charge in [-0.1, -0.05) is 58.8 Å². The average molecular weight is 365 g/mol. The monoisotopic (exact) mass is 365 g/mol. The summed E-state index contributed by atoms with van der Waals surface area (Å²) in [6.07, 6.45) is 7.96. The van der Waals surface area contributed by atoms with E-state index in [-0.39, 0.29) is 18.1 Å². The maximum atomic E-state index is 11.9. The van der Waals surface area contributed by atoms with Crippen molar-refractivity contribution in [1.82, 2.24) is 0 Å². The van der Waals surface area contributed by atoms with Crippen LogP contribution in [0, 0.1) is 5.92 Å². The van der Waals surface area contributed by atoms with Crippen molar-refractivity contribution in [3.63, 3.8) is 0 Å². The van der Waals surface area contributed by atoms with E-state index >= 15 is 0 Å². The Morgan fingerprint density at radius 1 is 1.17 bits per heavy atom. The van der Waals surface area contributed by atoms with Gasteiger partial charge in [0.1, 0.15) is 6.10 Å². The molecule has 0 aromatic rings. The van der Waals surface area contributed by atoms with Crippen LogP contribution < -0.4 is 5.73 Å². The van der Waals surface area contributed by atoms with Crippen molar-refractivity contribution >= 4 is 7.60 Å². The van der Waals surface area contributed by atoms with Crippen LogP contribution in [0.4, 0.5) is 0 Å². The first-order valence-electron chi connectivity index (χ1n) is 9.29. The first-order valence-corrected chi connectivity index (χ1v) is 11.1. The third-order valence-electron chi connectivity index (χ3n) is 4.71. The molecule has 1 unspecified atom stereocenters. The molecule has 0 spiro atoms. The Kier molecular flexibility index (Phi) is 10.7. The molecule has 0 radical (unpaired) electrons. The number of hydrogen-bond acceptors (Lipinski definition) is 5. The first-order chi connectivity index (χ1) is 11.4. The largest absolute Gasteiger partial charge is 0.378 e. The second-order valence-corrected chi connectivity index (χ2v) is 8.70. The normalized spacial score (nSPS) is 30.2. The van der Waals surface area contributed by atoms with Crippen molar-refractivity contribution < 1.29 is 23.5 Å². The van der Waals surface area contributed by atoms with Crippen LogP contribution in [-0.2, 0) is 18.6 Å². The van der Waals surface area contributed by atoms with E-state index in [1.807, 2.05) is 6.92 Å². The molecule has 6 nitrogen and oxygen atoms in total. The van der Waals surface area contributed by atoms with Crippen LogP contribution in [0.3, 0.4) is 0 Å². The van der Waals surface area contributed by atoms with Gasteiger partial charge in [0.25, 0.3) is 0 Å². The molecular weight excluding hydrogens is 329 g/mol. The lowest BCUT2D eigenvalue weighted by atomic mass is 9.91. The summed E-state index contributed by atoms with van der Waals surface area (Å²) in [7, 11) is -2.19. The van der Waals surface area contributed by atoms with Crippen LogP contribution in [0.25, 0.3) is 0 Å². The molecule has 0 amide bonds. The molecule has 0 saturated carbocycles. The fourth-order valence-electron chi connectivity index (χ4n) is 3.28. The number of ether oxygens (including phenoxy) is 2. The second kappa shape index (κ2) is 11.6. The molecule has 5 atom stereocenters. The van der Waals surface area contributed by atoms with Gasteiger partial charge in [0.2, 0.25) is 0 Å². The minimum atomic E-state index is -3.80. The standard InChI is InChI=1S/C17H36NO5P/c1-4-5-6-7-8-9-10-11-15-17(23-24(19,20)13-18)16(21-3)14(2)12-22-15/h14-17H,4-13,18H2,1-3H3,(H,19,20)/t14-,15-,16-,17+/m0/s1. The van der Waals surface area contributed by atoms with Crippen molar-refractivity contribution in [3.05, 3.63) is 0 Å². The molecule has 1 fully saturated rings. The van der Waals surface area contributed by atoms with Gasteiger partial charge in [0, 0.05) is 13.0 Å². The smallest absolute Gasteiger partial charge is 0.342 e. The van der Waals surface area contributed by atoms with Crippen LogP contribution >= 0.6 is 7.60 Å². The average Bonchev–Trinajstić information content (AvgIpc) is 2.56. The highest BCUT2D eigenvalue weighted by Crippen LogP contribution is 2.45. The molecule has 1 heterocycles. The summed E-state index contributed by atoms with van der Waals surface area (Å²) in [5.41, 5.74) is 5.35. The van der Waals surface area contributed by atoms with Gasteiger partial charge < -0.3 is 20.1 Å². The van der Waals surface area contributed by atoms with Gasteiger partial charge in [0.15, 0.2) is 0 Å². The molecule has 1 aliphatic rings. The van der Waals surface area contributed by atoms with E-state index in [1.165, 1.54) is 32.1 Å². The van der Waals surface area contributed by atoms with E-state index in [0.717, 1.165) is 19.3 Å². The molecule has 0 bridgehead atoms. The highest BCUT2D eigenvalue weighted by atomic mass is 31.2. The molecule has 24 heavy (non-hydrogen) atoms. The number of hydrogen-bond donors (Lipinski definition) is 2. The number of rotatable bonds is 12. The summed E-state index contributed by atoms with van der Waals surface area (Å²) in [6.45, 7) is 4.80. The van der Waals surface area contributed by atoms with E-state index in [1.54, 1.807) is 7.11 Å². The molecule has 1 aliphatic heterocycles. The minimum absolute atomic E-state index is 0.114. The zero-order chi connectivity index (χ0) is 18.0. The highest BCUT2D eigenvalue weighted by molar-refractivity contribution is 7.52. The molecule has 0 aliphatic carbocycles. The molecular formula is C17H36NO5P. The maximum Gasteiger partial charge on any atom is 0.342 e. The molecule has 3 N–H and O–H groups in total. The quantitative estimate of drug-likeness (QED) is 0.405. The van der Waals surface area contributed by atoms with Crippen LogP contribution in [0.2, 0.25) is 0 Å². The first kappa shape index (κ1) is 22.1. The van der Waals surface area contributed by atoms with Gasteiger partial charge in [-0.25, -0.2) is 0 Å². The molecule has 1 rings (SSSR count). The zero-order valence-electron chi connectivity index (χ0n) is 15.5. The summed E-state index contributed by atoms with van der Waals surface area (Å²) in [5.74, 6) is 0.114.